The Morgan fingerprint density at radius 1 is 0.360 bits per heavy atom. The zero-order chi connectivity index (χ0) is 54.3. The third kappa shape index (κ3) is 61.4. The van der Waals surface area contributed by atoms with Gasteiger partial charge >= 0.3 is 5.97 Å². The van der Waals surface area contributed by atoms with Crippen molar-refractivity contribution in [2.45, 2.75) is 392 Å². The lowest BCUT2D eigenvalue weighted by atomic mass is 10.0. The van der Waals surface area contributed by atoms with Crippen molar-refractivity contribution in [1.82, 2.24) is 5.32 Å². The van der Waals surface area contributed by atoms with Crippen molar-refractivity contribution in [3.8, 4) is 0 Å². The van der Waals surface area contributed by atoms with Gasteiger partial charge in [-0.25, -0.2) is 0 Å². The summed E-state index contributed by atoms with van der Waals surface area (Å²) in [7, 11) is 0. The Bertz CT molecular complexity index is 1170. The molecule has 0 saturated carbocycles. The molecule has 0 aliphatic rings. The van der Waals surface area contributed by atoms with Crippen LogP contribution in [0.5, 0.6) is 0 Å². The Hall–Kier alpha value is -1.66. The summed E-state index contributed by atoms with van der Waals surface area (Å²) in [6, 6.07) is -0.633. The Morgan fingerprint density at radius 3 is 0.947 bits per heavy atom. The normalized spacial score (nSPS) is 12.6. The Morgan fingerprint density at radius 2 is 0.627 bits per heavy atom. The number of esters is 1. The van der Waals surface area contributed by atoms with Gasteiger partial charge < -0.3 is 20.3 Å². The second-order valence-electron chi connectivity index (χ2n) is 23.5. The summed E-state index contributed by atoms with van der Waals surface area (Å²) in [5, 5.41) is 23.2. The van der Waals surface area contributed by atoms with Gasteiger partial charge in [0.15, 0.2) is 0 Å². The Labute approximate surface area is 469 Å². The number of unbranched alkanes of at least 4 members (excludes halogenated alkanes) is 51. The van der Waals surface area contributed by atoms with Gasteiger partial charge in [0.2, 0.25) is 5.91 Å². The molecule has 2 unspecified atom stereocenters. The van der Waals surface area contributed by atoms with E-state index in [0.29, 0.717) is 19.4 Å². The second kappa shape index (κ2) is 64.9. The maximum Gasteiger partial charge on any atom is 0.305 e. The fourth-order valence-corrected chi connectivity index (χ4v) is 10.7. The van der Waals surface area contributed by atoms with Gasteiger partial charge in [-0.1, -0.05) is 334 Å². The van der Waals surface area contributed by atoms with E-state index in [1.54, 1.807) is 6.08 Å². The lowest BCUT2D eigenvalue weighted by molar-refractivity contribution is -0.143. The smallest absolute Gasteiger partial charge is 0.305 e. The maximum atomic E-state index is 12.5. The van der Waals surface area contributed by atoms with Crippen LogP contribution >= 0.6 is 0 Å². The Kier molecular flexibility index (Phi) is 63.4. The summed E-state index contributed by atoms with van der Waals surface area (Å²) in [6.07, 6.45) is 81.0. The highest BCUT2D eigenvalue weighted by atomic mass is 16.5. The molecule has 6 heteroatoms. The monoisotopic (exact) mass is 1060 g/mol. The molecule has 2 atom stereocenters. The summed E-state index contributed by atoms with van der Waals surface area (Å²) < 4.78 is 5.48. The van der Waals surface area contributed by atoms with Crippen molar-refractivity contribution in [2.75, 3.05) is 13.2 Å². The molecule has 0 heterocycles. The number of hydrogen-bond acceptors (Lipinski definition) is 5. The number of amides is 1. The summed E-state index contributed by atoms with van der Waals surface area (Å²) >= 11 is 0. The van der Waals surface area contributed by atoms with E-state index in [9.17, 15) is 19.8 Å². The van der Waals surface area contributed by atoms with E-state index >= 15 is 0 Å². The first-order chi connectivity index (χ1) is 37.0. The van der Waals surface area contributed by atoms with Crippen LogP contribution in [0.4, 0.5) is 0 Å². The Balaban J connectivity index is 3.44. The highest BCUT2D eigenvalue weighted by Gasteiger charge is 2.18. The van der Waals surface area contributed by atoms with Crippen LogP contribution in [-0.4, -0.2) is 47.4 Å². The van der Waals surface area contributed by atoms with Gasteiger partial charge in [-0.2, -0.15) is 0 Å². The number of hydrogen-bond donors (Lipinski definition) is 3. The van der Waals surface area contributed by atoms with Gasteiger partial charge in [-0.05, 0) is 57.8 Å². The summed E-state index contributed by atoms with van der Waals surface area (Å²) in [5.41, 5.74) is 0. The number of ether oxygens (including phenoxy) is 1. The first kappa shape index (κ1) is 73.3. The van der Waals surface area contributed by atoms with Crippen molar-refractivity contribution in [3.05, 3.63) is 24.3 Å². The average Bonchev–Trinajstić information content (AvgIpc) is 3.41. The SMILES string of the molecule is CCCCCCCCCCCCCCCCCCCCCC/C=C/C(O)C(CO)NC(=O)CCCCCCCCC/C=C\CCCCCCCCCCCCCCOC(=O)CCCCCCCCCCCCCCC. The number of carbonyl (C=O) groups excluding carboxylic acids is 2. The van der Waals surface area contributed by atoms with Crippen molar-refractivity contribution in [3.63, 3.8) is 0 Å². The van der Waals surface area contributed by atoms with E-state index in [1.165, 1.54) is 308 Å². The van der Waals surface area contributed by atoms with E-state index in [0.717, 1.165) is 44.9 Å². The third-order valence-corrected chi connectivity index (χ3v) is 16.0. The number of rotatable bonds is 64. The lowest BCUT2D eigenvalue weighted by Crippen LogP contribution is -2.45. The molecule has 3 N–H and O–H groups in total. The summed E-state index contributed by atoms with van der Waals surface area (Å²) in [5.74, 6) is -0.0572. The first-order valence-corrected chi connectivity index (χ1v) is 34.1. The van der Waals surface area contributed by atoms with Gasteiger partial charge in [-0.3, -0.25) is 9.59 Å². The number of carbonyl (C=O) groups is 2. The van der Waals surface area contributed by atoms with Crippen molar-refractivity contribution >= 4 is 11.9 Å². The number of allylic oxidation sites excluding steroid dienone is 3. The molecule has 0 aromatic carbocycles. The van der Waals surface area contributed by atoms with Crippen LogP contribution in [0, 0.1) is 0 Å². The molecular weight excluding hydrogens is 923 g/mol. The molecule has 0 radical (unpaired) electrons. The van der Waals surface area contributed by atoms with Crippen LogP contribution in [0.3, 0.4) is 0 Å². The molecule has 0 fully saturated rings. The lowest BCUT2D eigenvalue weighted by Gasteiger charge is -2.20. The molecule has 0 spiro atoms. The van der Waals surface area contributed by atoms with Crippen molar-refractivity contribution in [2.24, 2.45) is 0 Å². The van der Waals surface area contributed by atoms with Crippen LogP contribution in [0.15, 0.2) is 24.3 Å². The maximum absolute atomic E-state index is 12.5. The third-order valence-electron chi connectivity index (χ3n) is 16.0. The largest absolute Gasteiger partial charge is 0.466 e. The van der Waals surface area contributed by atoms with Crippen molar-refractivity contribution < 1.29 is 24.5 Å². The van der Waals surface area contributed by atoms with Crippen molar-refractivity contribution in [1.29, 1.82) is 0 Å². The highest BCUT2D eigenvalue weighted by Crippen LogP contribution is 2.18. The minimum atomic E-state index is -0.849. The summed E-state index contributed by atoms with van der Waals surface area (Å²) in [6.45, 7) is 4.94. The minimum absolute atomic E-state index is 0.0132. The summed E-state index contributed by atoms with van der Waals surface area (Å²) in [4.78, 5) is 24.6. The molecule has 0 aliphatic heterocycles. The van der Waals surface area contributed by atoms with E-state index in [2.05, 4.69) is 31.3 Å². The molecule has 0 rings (SSSR count). The predicted molar refractivity (Wildman–Crippen MR) is 329 cm³/mol. The zero-order valence-corrected chi connectivity index (χ0v) is 50.8. The molecule has 75 heavy (non-hydrogen) atoms. The van der Waals surface area contributed by atoms with Gasteiger partial charge in [0.05, 0.1) is 25.4 Å². The van der Waals surface area contributed by atoms with Crippen LogP contribution in [0.1, 0.15) is 380 Å². The molecule has 444 valence electrons. The molecule has 0 aromatic rings. The topological polar surface area (TPSA) is 95.9 Å². The van der Waals surface area contributed by atoms with Crippen LogP contribution in [0.2, 0.25) is 0 Å². The van der Waals surface area contributed by atoms with E-state index < -0.39 is 12.1 Å². The molecule has 6 nitrogen and oxygen atoms in total. The molecule has 0 bridgehead atoms. The molecule has 0 saturated heterocycles. The first-order valence-electron chi connectivity index (χ1n) is 34.1. The van der Waals surface area contributed by atoms with Gasteiger partial charge in [-0.15, -0.1) is 0 Å². The fraction of sp³-hybridized carbons (Fsp3) is 0.913. The number of aliphatic hydroxyl groups is 2. The van der Waals surface area contributed by atoms with Crippen LogP contribution < -0.4 is 5.32 Å². The fourth-order valence-electron chi connectivity index (χ4n) is 10.7. The van der Waals surface area contributed by atoms with E-state index in [1.807, 2.05) is 6.08 Å². The standard InChI is InChI=1S/C69H133NO5/c1-3-5-7-9-11-13-15-17-18-19-20-21-25-28-31-34-38-41-45-49-53-57-61-67(72)66(65-71)70-68(73)62-58-54-50-46-42-39-35-32-29-26-23-22-24-27-30-33-36-40-44-48-52-56-60-64-75-69(74)63-59-55-51-47-43-37-16-14-12-10-8-6-4-2/h26,29,57,61,66-67,71-72H,3-25,27-28,30-56,58-60,62-65H2,1-2H3,(H,70,73)/b29-26-,61-57+. The predicted octanol–water partition coefficient (Wildman–Crippen LogP) is 21.8. The second-order valence-corrected chi connectivity index (χ2v) is 23.5. The molecule has 0 aromatic heterocycles. The van der Waals surface area contributed by atoms with Gasteiger partial charge in [0, 0.05) is 12.8 Å². The average molecular weight is 1060 g/mol. The van der Waals surface area contributed by atoms with Crippen LogP contribution in [-0.2, 0) is 14.3 Å². The van der Waals surface area contributed by atoms with Crippen LogP contribution in [0.25, 0.3) is 0 Å². The van der Waals surface area contributed by atoms with Gasteiger partial charge in [0.25, 0.3) is 0 Å². The molecule has 1 amide bonds. The number of nitrogens with one attached hydrogen (secondary N) is 1. The highest BCUT2D eigenvalue weighted by molar-refractivity contribution is 5.76. The quantitative estimate of drug-likeness (QED) is 0.0320. The van der Waals surface area contributed by atoms with Gasteiger partial charge in [0.1, 0.15) is 0 Å². The molecular formula is C69H133NO5. The zero-order valence-electron chi connectivity index (χ0n) is 50.8. The van der Waals surface area contributed by atoms with E-state index in [4.69, 9.17) is 4.74 Å². The minimum Gasteiger partial charge on any atom is -0.466 e. The number of aliphatic hydroxyl groups excluding tert-OH is 2. The molecule has 0 aliphatic carbocycles. The van der Waals surface area contributed by atoms with E-state index in [-0.39, 0.29) is 18.5 Å².